The lowest BCUT2D eigenvalue weighted by atomic mass is 9.79. The van der Waals surface area contributed by atoms with Gasteiger partial charge >= 0.3 is 5.97 Å². The Kier molecular flexibility index (Phi) is 9.09. The molecule has 0 unspecified atom stereocenters. The maximum absolute atomic E-state index is 11.6. The Bertz CT molecular complexity index is 949. The van der Waals surface area contributed by atoms with E-state index in [2.05, 4.69) is 21.6 Å². The van der Waals surface area contributed by atoms with E-state index in [1.54, 1.807) is 13.3 Å². The van der Waals surface area contributed by atoms with Crippen LogP contribution >= 0.6 is 11.8 Å². The molecule has 1 aromatic heterocycles. The molecule has 1 saturated carbocycles. The number of nitrogens with zero attached hydrogens (tertiary/aromatic N) is 2. The van der Waals surface area contributed by atoms with Gasteiger partial charge in [0, 0.05) is 42.1 Å². The minimum absolute atomic E-state index is 0.143. The number of carboxylic acids is 1. The van der Waals surface area contributed by atoms with Gasteiger partial charge in [-0.3, -0.25) is 9.78 Å². The summed E-state index contributed by atoms with van der Waals surface area (Å²) in [6, 6.07) is 7.60. The zero-order chi connectivity index (χ0) is 23.9. The highest BCUT2D eigenvalue weighted by molar-refractivity contribution is 7.99. The van der Waals surface area contributed by atoms with E-state index in [1.807, 2.05) is 24.3 Å². The van der Waals surface area contributed by atoms with E-state index < -0.39 is 12.1 Å². The number of piperidine rings is 1. The summed E-state index contributed by atoms with van der Waals surface area (Å²) in [5.74, 6) is 1.64. The van der Waals surface area contributed by atoms with E-state index in [0.717, 1.165) is 65.7 Å². The number of methoxy groups -OCH3 is 1. The summed E-state index contributed by atoms with van der Waals surface area (Å²) in [6.45, 7) is 2.93. The van der Waals surface area contributed by atoms with Crippen molar-refractivity contribution in [2.24, 2.45) is 11.8 Å². The third-order valence-corrected chi connectivity index (χ3v) is 8.99. The van der Waals surface area contributed by atoms with Crippen LogP contribution in [0.4, 0.5) is 0 Å². The van der Waals surface area contributed by atoms with Crippen LogP contribution in [0.2, 0.25) is 0 Å². The van der Waals surface area contributed by atoms with Crippen molar-refractivity contribution < 1.29 is 19.7 Å². The van der Waals surface area contributed by atoms with Crippen molar-refractivity contribution in [3.05, 3.63) is 36.0 Å². The van der Waals surface area contributed by atoms with Gasteiger partial charge in [0.15, 0.2) is 0 Å². The van der Waals surface area contributed by atoms with Gasteiger partial charge in [-0.2, -0.15) is 11.8 Å². The summed E-state index contributed by atoms with van der Waals surface area (Å²) >= 11 is 2.10. The molecular formula is C27H38N2O4S. The van der Waals surface area contributed by atoms with Gasteiger partial charge < -0.3 is 19.8 Å². The Morgan fingerprint density at radius 1 is 1.24 bits per heavy atom. The van der Waals surface area contributed by atoms with Crippen LogP contribution < -0.4 is 4.74 Å². The monoisotopic (exact) mass is 486 g/mol. The lowest BCUT2D eigenvalue weighted by Crippen LogP contribution is -2.42. The topological polar surface area (TPSA) is 82.9 Å². The summed E-state index contributed by atoms with van der Waals surface area (Å²) in [5, 5.41) is 22.3. The molecule has 2 N–H and O–H groups in total. The highest BCUT2D eigenvalue weighted by Crippen LogP contribution is 2.35. The van der Waals surface area contributed by atoms with Crippen molar-refractivity contribution in [2.75, 3.05) is 32.5 Å². The molecule has 2 fully saturated rings. The number of benzene rings is 1. The van der Waals surface area contributed by atoms with Crippen LogP contribution in [-0.2, 0) is 4.79 Å². The first-order valence-corrected chi connectivity index (χ1v) is 13.7. The van der Waals surface area contributed by atoms with E-state index in [-0.39, 0.29) is 12.3 Å². The van der Waals surface area contributed by atoms with Crippen LogP contribution in [0.15, 0.2) is 30.5 Å². The fraction of sp³-hybridized carbons (Fsp3) is 0.630. The Balaban J connectivity index is 1.34. The molecule has 3 atom stereocenters. The summed E-state index contributed by atoms with van der Waals surface area (Å²) in [5.41, 5.74) is 1.70. The van der Waals surface area contributed by atoms with Gasteiger partial charge in [0.25, 0.3) is 0 Å². The SMILES string of the molecule is COc1ccc2nccc([C@@H](O)CC[C@@H]3CCN(CCSC4CCCC4)C[C@@H]3CC(=O)O)c2c1. The summed E-state index contributed by atoms with van der Waals surface area (Å²) in [4.78, 5) is 18.5. The fourth-order valence-corrected chi connectivity index (χ4v) is 7.05. The first-order valence-electron chi connectivity index (χ1n) is 12.7. The molecule has 4 rings (SSSR count). The zero-order valence-corrected chi connectivity index (χ0v) is 21.0. The second kappa shape index (κ2) is 12.2. The molecule has 1 aliphatic carbocycles. The number of fused-ring (bicyclic) bond motifs is 1. The molecule has 6 nitrogen and oxygen atoms in total. The van der Waals surface area contributed by atoms with Crippen LogP contribution in [0.3, 0.4) is 0 Å². The second-order valence-corrected chi connectivity index (χ2v) is 11.3. The minimum atomic E-state index is -0.718. The molecular weight excluding hydrogens is 448 g/mol. The smallest absolute Gasteiger partial charge is 0.303 e. The normalized spacial score (nSPS) is 22.8. The van der Waals surface area contributed by atoms with E-state index in [4.69, 9.17) is 4.74 Å². The number of ether oxygens (including phenoxy) is 1. The van der Waals surface area contributed by atoms with Gasteiger partial charge in [0.1, 0.15) is 5.75 Å². The number of carboxylic acid groups (broad SMARTS) is 1. The summed E-state index contributed by atoms with van der Waals surface area (Å²) < 4.78 is 5.36. The number of hydrogen-bond donors (Lipinski definition) is 2. The highest BCUT2D eigenvalue weighted by atomic mass is 32.2. The number of aliphatic hydroxyl groups is 1. The number of aliphatic hydroxyl groups excluding tert-OH is 1. The minimum Gasteiger partial charge on any atom is -0.497 e. The largest absolute Gasteiger partial charge is 0.497 e. The number of aromatic nitrogens is 1. The Hall–Kier alpha value is -1.83. The molecule has 0 spiro atoms. The van der Waals surface area contributed by atoms with Crippen LogP contribution in [0, 0.1) is 11.8 Å². The molecule has 1 aromatic carbocycles. The summed E-state index contributed by atoms with van der Waals surface area (Å²) in [7, 11) is 1.63. The molecule has 1 aliphatic heterocycles. The maximum atomic E-state index is 11.6. The van der Waals surface area contributed by atoms with Gasteiger partial charge in [0.2, 0.25) is 0 Å². The van der Waals surface area contributed by atoms with Crippen LogP contribution in [0.1, 0.15) is 63.0 Å². The molecule has 2 heterocycles. The molecule has 1 saturated heterocycles. The standard InChI is InChI=1S/C27H38N2O4S/c1-33-21-7-8-25-24(17-21)23(10-12-28-25)26(30)9-6-19-11-13-29(18-20(19)16-27(31)32)14-15-34-22-4-2-3-5-22/h7-8,10,12,17,19-20,22,26,30H,2-6,9,11,13-16,18H2,1H3,(H,31,32)/t19-,20+,26+/m1/s1. The third kappa shape index (κ3) is 6.64. The Morgan fingerprint density at radius 3 is 2.82 bits per heavy atom. The number of aliphatic carboxylic acids is 1. The van der Waals surface area contributed by atoms with Crippen molar-refractivity contribution in [3.8, 4) is 5.75 Å². The molecule has 0 amide bonds. The van der Waals surface area contributed by atoms with Crippen molar-refractivity contribution in [3.63, 3.8) is 0 Å². The zero-order valence-electron chi connectivity index (χ0n) is 20.2. The predicted molar refractivity (Wildman–Crippen MR) is 137 cm³/mol. The lowest BCUT2D eigenvalue weighted by molar-refractivity contribution is -0.139. The predicted octanol–water partition coefficient (Wildman–Crippen LogP) is 5.15. The second-order valence-electron chi connectivity index (χ2n) is 9.86. The molecule has 0 bridgehead atoms. The molecule has 186 valence electrons. The average Bonchev–Trinajstić information content (AvgIpc) is 3.36. The van der Waals surface area contributed by atoms with Crippen LogP contribution in [0.25, 0.3) is 10.9 Å². The molecule has 2 aromatic rings. The van der Waals surface area contributed by atoms with Gasteiger partial charge in [0.05, 0.1) is 18.7 Å². The Morgan fingerprint density at radius 2 is 2.06 bits per heavy atom. The van der Waals surface area contributed by atoms with E-state index in [1.165, 1.54) is 25.7 Å². The van der Waals surface area contributed by atoms with Crippen molar-refractivity contribution in [2.45, 2.75) is 62.7 Å². The van der Waals surface area contributed by atoms with Gasteiger partial charge in [-0.05, 0) is 80.3 Å². The molecule has 0 radical (unpaired) electrons. The Labute approximate surface area is 207 Å². The molecule has 7 heteroatoms. The van der Waals surface area contributed by atoms with Crippen molar-refractivity contribution >= 4 is 28.6 Å². The lowest BCUT2D eigenvalue weighted by Gasteiger charge is -2.38. The quantitative estimate of drug-likeness (QED) is 0.455. The number of carbonyl (C=O) groups is 1. The fourth-order valence-electron chi connectivity index (χ4n) is 5.69. The van der Waals surface area contributed by atoms with E-state index >= 15 is 0 Å². The number of thioether (sulfide) groups is 1. The summed E-state index contributed by atoms with van der Waals surface area (Å²) in [6.07, 6.45) is 9.26. The van der Waals surface area contributed by atoms with E-state index in [0.29, 0.717) is 12.3 Å². The first kappa shape index (κ1) is 25.3. The van der Waals surface area contributed by atoms with Gasteiger partial charge in [-0.15, -0.1) is 0 Å². The van der Waals surface area contributed by atoms with Crippen molar-refractivity contribution in [1.82, 2.24) is 9.88 Å². The van der Waals surface area contributed by atoms with Gasteiger partial charge in [-0.25, -0.2) is 0 Å². The molecule has 2 aliphatic rings. The third-order valence-electron chi connectivity index (χ3n) is 7.63. The van der Waals surface area contributed by atoms with Crippen LogP contribution in [-0.4, -0.2) is 63.8 Å². The highest BCUT2D eigenvalue weighted by Gasteiger charge is 2.31. The number of pyridine rings is 1. The van der Waals surface area contributed by atoms with Crippen molar-refractivity contribution in [1.29, 1.82) is 0 Å². The first-order chi connectivity index (χ1) is 16.5. The number of hydrogen-bond acceptors (Lipinski definition) is 6. The molecule has 34 heavy (non-hydrogen) atoms. The number of rotatable bonds is 11. The number of likely N-dealkylation sites (tertiary alicyclic amines) is 1. The van der Waals surface area contributed by atoms with Crippen LogP contribution in [0.5, 0.6) is 5.75 Å². The van der Waals surface area contributed by atoms with E-state index in [9.17, 15) is 15.0 Å². The maximum Gasteiger partial charge on any atom is 0.303 e. The average molecular weight is 487 g/mol. The van der Waals surface area contributed by atoms with Gasteiger partial charge in [-0.1, -0.05) is 12.8 Å².